The summed E-state index contributed by atoms with van der Waals surface area (Å²) in [5.74, 6) is 0.106. The van der Waals surface area contributed by atoms with Gasteiger partial charge in [0.25, 0.3) is 0 Å². The van der Waals surface area contributed by atoms with Crippen molar-refractivity contribution in [2.24, 2.45) is 15.9 Å². The molecule has 0 saturated carbocycles. The topological polar surface area (TPSA) is 144 Å². The van der Waals surface area contributed by atoms with Crippen LogP contribution in [-0.4, -0.2) is 48.7 Å². The molecule has 0 aliphatic carbocycles. The molecule has 10 nitrogen and oxygen atoms in total. The predicted octanol–water partition coefficient (Wildman–Crippen LogP) is 0.210. The van der Waals surface area contributed by atoms with Crippen molar-refractivity contribution in [3.63, 3.8) is 0 Å². The van der Waals surface area contributed by atoms with Crippen molar-refractivity contribution >= 4 is 41.0 Å². The standard InChI is InChI=1S/C15H17N5O5S/c1-24-9-4-3-8(5-10(9)25-2)7-17-20-15-19-13(22)11(26-15)6-12(21)18-14(16)23/h3-5,7,11H,6H2,1-2H3,(H,19,20,22)(H3,16,18,21,23)/b17-7-/t11-/m1/s1. The Bertz CT molecular complexity index is 780. The first-order chi connectivity index (χ1) is 12.4. The van der Waals surface area contributed by atoms with Crippen molar-refractivity contribution in [1.82, 2.24) is 10.6 Å². The SMILES string of the molecule is COc1ccc(/C=N\N=C2\NC(=O)[C@@H](CC(=O)NC(N)=O)S2)cc1OC. The van der Waals surface area contributed by atoms with E-state index in [-0.39, 0.29) is 11.6 Å². The molecule has 0 aromatic heterocycles. The average Bonchev–Trinajstić information content (AvgIpc) is 2.93. The second-order valence-corrected chi connectivity index (χ2v) is 6.17. The molecule has 1 heterocycles. The summed E-state index contributed by atoms with van der Waals surface area (Å²) in [7, 11) is 3.07. The number of ether oxygens (including phenoxy) is 2. The minimum atomic E-state index is -0.966. The number of carbonyl (C=O) groups is 3. The summed E-state index contributed by atoms with van der Waals surface area (Å²) in [6.07, 6.45) is 1.28. The van der Waals surface area contributed by atoms with Crippen LogP contribution in [0.25, 0.3) is 0 Å². The normalized spacial score (nSPS) is 18.0. The van der Waals surface area contributed by atoms with Gasteiger partial charge in [0.1, 0.15) is 5.25 Å². The lowest BCUT2D eigenvalue weighted by atomic mass is 10.2. The molecular weight excluding hydrogens is 362 g/mol. The van der Waals surface area contributed by atoms with Gasteiger partial charge in [-0.2, -0.15) is 5.10 Å². The Kier molecular flexibility index (Phi) is 6.55. The van der Waals surface area contributed by atoms with Gasteiger partial charge in [0, 0.05) is 6.42 Å². The maximum atomic E-state index is 11.8. The molecule has 1 aliphatic rings. The molecule has 0 unspecified atom stereocenters. The van der Waals surface area contributed by atoms with Gasteiger partial charge in [0.05, 0.1) is 20.4 Å². The average molecular weight is 379 g/mol. The van der Waals surface area contributed by atoms with Crippen molar-refractivity contribution in [1.29, 1.82) is 0 Å². The third-order valence-electron chi connectivity index (χ3n) is 3.17. The lowest BCUT2D eigenvalue weighted by molar-refractivity contribution is -0.124. The minimum absolute atomic E-state index is 0.197. The van der Waals surface area contributed by atoms with Crippen LogP contribution in [0.2, 0.25) is 0 Å². The van der Waals surface area contributed by atoms with Crippen LogP contribution in [0.4, 0.5) is 4.79 Å². The summed E-state index contributed by atoms with van der Waals surface area (Å²) in [6, 6.07) is 4.25. The van der Waals surface area contributed by atoms with Crippen LogP contribution in [0.1, 0.15) is 12.0 Å². The highest BCUT2D eigenvalue weighted by Crippen LogP contribution is 2.27. The van der Waals surface area contributed by atoms with Crippen LogP contribution in [0.3, 0.4) is 0 Å². The van der Waals surface area contributed by atoms with Crippen LogP contribution in [0, 0.1) is 0 Å². The number of carbonyl (C=O) groups excluding carboxylic acids is 3. The number of primary amides is 1. The molecule has 1 aliphatic heterocycles. The molecule has 0 radical (unpaired) electrons. The van der Waals surface area contributed by atoms with E-state index in [1.807, 2.05) is 5.32 Å². The molecule has 138 valence electrons. The fourth-order valence-corrected chi connectivity index (χ4v) is 2.95. The van der Waals surface area contributed by atoms with Crippen LogP contribution in [0.15, 0.2) is 28.4 Å². The number of urea groups is 1. The van der Waals surface area contributed by atoms with Gasteiger partial charge in [-0.25, -0.2) is 4.79 Å². The zero-order valence-corrected chi connectivity index (χ0v) is 14.8. The van der Waals surface area contributed by atoms with Crippen molar-refractivity contribution in [3.8, 4) is 11.5 Å². The first-order valence-corrected chi connectivity index (χ1v) is 8.20. The number of amidine groups is 1. The first-order valence-electron chi connectivity index (χ1n) is 7.32. The lowest BCUT2D eigenvalue weighted by Crippen LogP contribution is -2.37. The van der Waals surface area contributed by atoms with Gasteiger partial charge >= 0.3 is 6.03 Å². The summed E-state index contributed by atoms with van der Waals surface area (Å²) >= 11 is 1.04. The zero-order chi connectivity index (χ0) is 19.1. The molecule has 1 fully saturated rings. The van der Waals surface area contributed by atoms with Crippen LogP contribution in [-0.2, 0) is 9.59 Å². The molecule has 11 heteroatoms. The minimum Gasteiger partial charge on any atom is -0.493 e. The van der Waals surface area contributed by atoms with Gasteiger partial charge in [0.15, 0.2) is 16.7 Å². The number of hydrogen-bond acceptors (Lipinski definition) is 8. The van der Waals surface area contributed by atoms with E-state index in [1.54, 1.807) is 18.2 Å². The van der Waals surface area contributed by atoms with Crippen molar-refractivity contribution < 1.29 is 23.9 Å². The van der Waals surface area contributed by atoms with Gasteiger partial charge in [-0.3, -0.25) is 14.9 Å². The molecule has 2 rings (SSSR count). The number of rotatable bonds is 6. The van der Waals surface area contributed by atoms with E-state index in [1.165, 1.54) is 20.4 Å². The second kappa shape index (κ2) is 8.85. The summed E-state index contributed by atoms with van der Waals surface area (Å²) < 4.78 is 10.3. The number of nitrogens with two attached hydrogens (primary N) is 1. The summed E-state index contributed by atoms with van der Waals surface area (Å²) in [5.41, 5.74) is 5.57. The van der Waals surface area contributed by atoms with E-state index in [2.05, 4.69) is 15.5 Å². The number of nitrogens with zero attached hydrogens (tertiary/aromatic N) is 2. The van der Waals surface area contributed by atoms with Crippen molar-refractivity contribution in [2.75, 3.05) is 14.2 Å². The van der Waals surface area contributed by atoms with Crippen LogP contribution >= 0.6 is 11.8 Å². The van der Waals surface area contributed by atoms with Gasteiger partial charge in [-0.15, -0.1) is 5.10 Å². The highest BCUT2D eigenvalue weighted by molar-refractivity contribution is 8.15. The third kappa shape index (κ3) is 5.21. The maximum Gasteiger partial charge on any atom is 0.318 e. The fraction of sp³-hybridized carbons (Fsp3) is 0.267. The number of benzene rings is 1. The Morgan fingerprint density at radius 1 is 1.35 bits per heavy atom. The van der Waals surface area contributed by atoms with Gasteiger partial charge in [-0.05, 0) is 23.8 Å². The van der Waals surface area contributed by atoms with E-state index >= 15 is 0 Å². The molecular formula is C15H17N5O5S. The van der Waals surface area contributed by atoms with E-state index in [0.29, 0.717) is 11.5 Å². The number of amides is 4. The summed E-state index contributed by atoms with van der Waals surface area (Å²) in [5, 5.41) is 11.8. The molecule has 1 saturated heterocycles. The fourth-order valence-electron chi connectivity index (χ4n) is 2.02. The Balaban J connectivity index is 1.98. The predicted molar refractivity (Wildman–Crippen MR) is 96.4 cm³/mol. The maximum absolute atomic E-state index is 11.8. The molecule has 1 atom stereocenters. The Morgan fingerprint density at radius 2 is 2.08 bits per heavy atom. The van der Waals surface area contributed by atoms with E-state index in [0.717, 1.165) is 17.3 Å². The Labute approximate surface area is 153 Å². The third-order valence-corrected chi connectivity index (χ3v) is 4.25. The molecule has 4 N–H and O–H groups in total. The summed E-state index contributed by atoms with van der Waals surface area (Å²) in [6.45, 7) is 0. The second-order valence-electron chi connectivity index (χ2n) is 4.98. The molecule has 26 heavy (non-hydrogen) atoms. The first kappa shape index (κ1) is 19.2. The summed E-state index contributed by atoms with van der Waals surface area (Å²) in [4.78, 5) is 33.9. The monoisotopic (exact) mass is 379 g/mol. The highest BCUT2D eigenvalue weighted by Gasteiger charge is 2.32. The Morgan fingerprint density at radius 3 is 2.73 bits per heavy atom. The Hall–Kier alpha value is -3.08. The molecule has 0 bridgehead atoms. The highest BCUT2D eigenvalue weighted by atomic mass is 32.2. The lowest BCUT2D eigenvalue weighted by Gasteiger charge is -2.07. The van der Waals surface area contributed by atoms with E-state index in [4.69, 9.17) is 15.2 Å². The number of nitrogens with one attached hydrogen (secondary N) is 2. The van der Waals surface area contributed by atoms with Gasteiger partial charge in [-0.1, -0.05) is 11.8 Å². The number of methoxy groups -OCH3 is 2. The van der Waals surface area contributed by atoms with Crippen molar-refractivity contribution in [3.05, 3.63) is 23.8 Å². The van der Waals surface area contributed by atoms with Gasteiger partial charge < -0.3 is 20.5 Å². The molecule has 0 spiro atoms. The van der Waals surface area contributed by atoms with Crippen LogP contribution < -0.4 is 25.8 Å². The largest absolute Gasteiger partial charge is 0.493 e. The smallest absolute Gasteiger partial charge is 0.318 e. The molecule has 1 aromatic carbocycles. The molecule has 4 amide bonds. The van der Waals surface area contributed by atoms with E-state index < -0.39 is 23.1 Å². The number of imide groups is 1. The van der Waals surface area contributed by atoms with Crippen molar-refractivity contribution in [2.45, 2.75) is 11.7 Å². The number of hydrogen-bond donors (Lipinski definition) is 3. The zero-order valence-electron chi connectivity index (χ0n) is 14.0. The quantitative estimate of drug-likeness (QED) is 0.476. The van der Waals surface area contributed by atoms with Crippen LogP contribution in [0.5, 0.6) is 11.5 Å². The van der Waals surface area contributed by atoms with E-state index in [9.17, 15) is 14.4 Å². The number of thioether (sulfide) groups is 1. The molecule has 1 aromatic rings. The van der Waals surface area contributed by atoms with Gasteiger partial charge in [0.2, 0.25) is 11.8 Å².